The van der Waals surface area contributed by atoms with Gasteiger partial charge in [-0.25, -0.2) is 4.79 Å². The van der Waals surface area contributed by atoms with Gasteiger partial charge in [-0.1, -0.05) is 30.3 Å². The summed E-state index contributed by atoms with van der Waals surface area (Å²) in [4.78, 5) is 21.2. The molecule has 0 radical (unpaired) electrons. The molecule has 0 spiro atoms. The highest BCUT2D eigenvalue weighted by Crippen LogP contribution is 2.26. The number of nitrogens with zero attached hydrogens (tertiary/aromatic N) is 1. The molecule has 0 saturated carbocycles. The second-order valence-electron chi connectivity index (χ2n) is 4.57. The molecule has 2 aromatic rings. The first-order valence-corrected chi connectivity index (χ1v) is 6.32. The highest BCUT2D eigenvalue weighted by Gasteiger charge is 2.20. The maximum Gasteiger partial charge on any atom is 0.342 e. The highest BCUT2D eigenvalue weighted by molar-refractivity contribution is 5.93. The number of aromatic carboxylic acids is 1. The number of rotatable bonds is 5. The van der Waals surface area contributed by atoms with Crippen molar-refractivity contribution in [2.24, 2.45) is 0 Å². The summed E-state index contributed by atoms with van der Waals surface area (Å²) in [5, 5.41) is 23.0. The number of hydrogen-bond donors (Lipinski definition) is 2. The van der Waals surface area contributed by atoms with Gasteiger partial charge in [0.2, 0.25) is 0 Å². The molecule has 2 N–H and O–H groups in total. The molecule has 108 valence electrons. The van der Waals surface area contributed by atoms with E-state index in [4.69, 9.17) is 5.11 Å². The van der Waals surface area contributed by atoms with Crippen LogP contribution < -0.4 is 5.32 Å². The largest absolute Gasteiger partial charge is 0.477 e. The molecule has 0 aliphatic carbocycles. The quantitative estimate of drug-likeness (QED) is 0.648. The van der Waals surface area contributed by atoms with Gasteiger partial charge in [0.05, 0.1) is 4.92 Å². The number of anilines is 1. The maximum atomic E-state index is 11.0. The number of carbonyl (C=O) groups is 1. The Morgan fingerprint density at radius 2 is 1.90 bits per heavy atom. The highest BCUT2D eigenvalue weighted by atomic mass is 16.6. The van der Waals surface area contributed by atoms with E-state index in [0.29, 0.717) is 5.69 Å². The Kier molecular flexibility index (Phi) is 4.18. The van der Waals surface area contributed by atoms with Crippen molar-refractivity contribution >= 4 is 17.3 Å². The molecule has 1 unspecified atom stereocenters. The zero-order valence-electron chi connectivity index (χ0n) is 11.3. The molecule has 2 aromatic carbocycles. The summed E-state index contributed by atoms with van der Waals surface area (Å²) in [5.74, 6) is -1.32. The molecule has 1 atom stereocenters. The van der Waals surface area contributed by atoms with Crippen molar-refractivity contribution in [2.75, 3.05) is 5.32 Å². The van der Waals surface area contributed by atoms with E-state index in [1.54, 1.807) is 0 Å². The predicted octanol–water partition coefficient (Wildman–Crippen LogP) is 3.47. The van der Waals surface area contributed by atoms with E-state index in [2.05, 4.69) is 5.32 Å². The van der Waals surface area contributed by atoms with Gasteiger partial charge in [-0.3, -0.25) is 10.1 Å². The van der Waals surface area contributed by atoms with Gasteiger partial charge in [-0.05, 0) is 24.6 Å². The van der Waals surface area contributed by atoms with Gasteiger partial charge in [-0.15, -0.1) is 0 Å². The summed E-state index contributed by atoms with van der Waals surface area (Å²) in [7, 11) is 0. The lowest BCUT2D eigenvalue weighted by Crippen LogP contribution is -2.08. The predicted molar refractivity (Wildman–Crippen MR) is 78.5 cm³/mol. The van der Waals surface area contributed by atoms with Crippen LogP contribution in [0.15, 0.2) is 48.5 Å². The first kappa shape index (κ1) is 14.5. The van der Waals surface area contributed by atoms with E-state index in [9.17, 15) is 14.9 Å². The molecule has 0 aliphatic rings. The van der Waals surface area contributed by atoms with E-state index >= 15 is 0 Å². The van der Waals surface area contributed by atoms with Crippen molar-refractivity contribution in [3.8, 4) is 0 Å². The van der Waals surface area contributed by atoms with E-state index in [-0.39, 0.29) is 11.6 Å². The van der Waals surface area contributed by atoms with Crippen LogP contribution in [-0.4, -0.2) is 16.0 Å². The van der Waals surface area contributed by atoms with Gasteiger partial charge in [0.1, 0.15) is 5.56 Å². The number of carboxylic acids is 1. The van der Waals surface area contributed by atoms with Crippen molar-refractivity contribution < 1.29 is 14.8 Å². The van der Waals surface area contributed by atoms with Crippen LogP contribution in [0.25, 0.3) is 0 Å². The van der Waals surface area contributed by atoms with Crippen molar-refractivity contribution in [3.63, 3.8) is 0 Å². The Hall–Kier alpha value is -2.89. The monoisotopic (exact) mass is 286 g/mol. The second kappa shape index (κ2) is 6.04. The first-order chi connectivity index (χ1) is 9.99. The zero-order valence-corrected chi connectivity index (χ0v) is 11.3. The third kappa shape index (κ3) is 3.36. The Labute approximate surface area is 121 Å². The molecular formula is C15H14N2O4. The summed E-state index contributed by atoms with van der Waals surface area (Å²) >= 11 is 0. The van der Waals surface area contributed by atoms with Gasteiger partial charge in [0, 0.05) is 17.8 Å². The third-order valence-corrected chi connectivity index (χ3v) is 3.11. The Morgan fingerprint density at radius 3 is 2.48 bits per heavy atom. The number of nitrogens with one attached hydrogen (secondary N) is 1. The number of nitro benzene ring substituents is 1. The summed E-state index contributed by atoms with van der Waals surface area (Å²) < 4.78 is 0. The van der Waals surface area contributed by atoms with Crippen LogP contribution in [0.5, 0.6) is 0 Å². The van der Waals surface area contributed by atoms with E-state index in [1.165, 1.54) is 18.2 Å². The summed E-state index contributed by atoms with van der Waals surface area (Å²) in [6, 6.07) is 13.5. The first-order valence-electron chi connectivity index (χ1n) is 6.32. The molecule has 0 fully saturated rings. The van der Waals surface area contributed by atoms with Crippen molar-refractivity contribution in [1.82, 2.24) is 0 Å². The summed E-state index contributed by atoms with van der Waals surface area (Å²) in [6.45, 7) is 1.92. The molecule has 6 heteroatoms. The lowest BCUT2D eigenvalue weighted by atomic mass is 10.1. The maximum absolute atomic E-state index is 11.0. The standard InChI is InChI=1S/C15H14N2O4/c1-10(11-5-3-2-4-6-11)16-12-7-8-13(15(18)19)14(9-12)17(20)21/h2-10,16H,1H3,(H,18,19). The molecule has 6 nitrogen and oxygen atoms in total. The number of hydrogen-bond acceptors (Lipinski definition) is 4. The number of nitro groups is 1. The van der Waals surface area contributed by atoms with Crippen LogP contribution in [0.2, 0.25) is 0 Å². The molecule has 0 bridgehead atoms. The third-order valence-electron chi connectivity index (χ3n) is 3.11. The molecule has 0 heterocycles. The van der Waals surface area contributed by atoms with Crippen LogP contribution in [0.1, 0.15) is 28.9 Å². The lowest BCUT2D eigenvalue weighted by molar-refractivity contribution is -0.385. The van der Waals surface area contributed by atoms with E-state index in [0.717, 1.165) is 5.56 Å². The molecule has 0 aromatic heterocycles. The minimum absolute atomic E-state index is 0.0542. The van der Waals surface area contributed by atoms with Gasteiger partial charge in [0.25, 0.3) is 5.69 Å². The van der Waals surface area contributed by atoms with Gasteiger partial charge in [-0.2, -0.15) is 0 Å². The van der Waals surface area contributed by atoms with Crippen molar-refractivity contribution in [3.05, 3.63) is 69.8 Å². The number of benzene rings is 2. The molecule has 0 amide bonds. The minimum Gasteiger partial charge on any atom is -0.477 e. The lowest BCUT2D eigenvalue weighted by Gasteiger charge is -2.15. The van der Waals surface area contributed by atoms with Crippen LogP contribution in [-0.2, 0) is 0 Å². The van der Waals surface area contributed by atoms with Gasteiger partial charge < -0.3 is 10.4 Å². The van der Waals surface area contributed by atoms with Crippen LogP contribution >= 0.6 is 0 Å². The average Bonchev–Trinajstić information content (AvgIpc) is 2.47. The normalized spacial score (nSPS) is 11.7. The molecule has 2 rings (SSSR count). The Morgan fingerprint density at radius 1 is 1.24 bits per heavy atom. The SMILES string of the molecule is CC(Nc1ccc(C(=O)O)c([N+](=O)[O-])c1)c1ccccc1. The minimum atomic E-state index is -1.32. The molecular weight excluding hydrogens is 272 g/mol. The van der Waals surface area contributed by atoms with Crippen molar-refractivity contribution in [2.45, 2.75) is 13.0 Å². The molecule has 0 saturated heterocycles. The molecule has 0 aliphatic heterocycles. The summed E-state index contributed by atoms with van der Waals surface area (Å²) in [6.07, 6.45) is 0. The fourth-order valence-electron chi connectivity index (χ4n) is 2.03. The zero-order chi connectivity index (χ0) is 15.4. The Bertz CT molecular complexity index is 671. The van der Waals surface area contributed by atoms with Crippen LogP contribution in [0, 0.1) is 10.1 Å². The fraction of sp³-hybridized carbons (Fsp3) is 0.133. The molecule has 21 heavy (non-hydrogen) atoms. The van der Waals surface area contributed by atoms with E-state index in [1.807, 2.05) is 37.3 Å². The topological polar surface area (TPSA) is 92.5 Å². The van der Waals surface area contributed by atoms with Crippen LogP contribution in [0.4, 0.5) is 11.4 Å². The smallest absolute Gasteiger partial charge is 0.342 e. The van der Waals surface area contributed by atoms with Crippen molar-refractivity contribution in [1.29, 1.82) is 0 Å². The summed E-state index contributed by atoms with van der Waals surface area (Å²) in [5.41, 5.74) is 0.788. The Balaban J connectivity index is 2.27. The number of carboxylic acid groups (broad SMARTS) is 1. The van der Waals surface area contributed by atoms with Crippen LogP contribution in [0.3, 0.4) is 0 Å². The van der Waals surface area contributed by atoms with E-state index < -0.39 is 16.6 Å². The second-order valence-corrected chi connectivity index (χ2v) is 4.57. The fourth-order valence-corrected chi connectivity index (χ4v) is 2.03. The van der Waals surface area contributed by atoms with Gasteiger partial charge >= 0.3 is 5.97 Å². The average molecular weight is 286 g/mol. The van der Waals surface area contributed by atoms with Gasteiger partial charge in [0.15, 0.2) is 0 Å².